The zero-order chi connectivity index (χ0) is 14.5. The zero-order valence-electron chi connectivity index (χ0n) is 12.6. The summed E-state index contributed by atoms with van der Waals surface area (Å²) in [4.78, 5) is 0. The molecule has 0 saturated heterocycles. The maximum Gasteiger partial charge on any atom is 0.0291 e. The van der Waals surface area contributed by atoms with Gasteiger partial charge in [-0.15, -0.1) is 0 Å². The van der Waals surface area contributed by atoms with E-state index in [0.717, 1.165) is 12.8 Å². The van der Waals surface area contributed by atoms with Crippen LogP contribution < -0.4 is 11.3 Å². The van der Waals surface area contributed by atoms with Crippen LogP contribution in [-0.4, -0.2) is 6.04 Å². The molecule has 0 bridgehead atoms. The van der Waals surface area contributed by atoms with Gasteiger partial charge in [0.2, 0.25) is 0 Å². The monoisotopic (exact) mass is 268 g/mol. The lowest BCUT2D eigenvalue weighted by atomic mass is 9.92. The van der Waals surface area contributed by atoms with Crippen molar-refractivity contribution in [3.8, 4) is 0 Å². The predicted octanol–water partition coefficient (Wildman–Crippen LogP) is 3.23. The number of hydrogen-bond donors (Lipinski definition) is 2. The second kappa shape index (κ2) is 6.69. The molecule has 1 atom stereocenters. The van der Waals surface area contributed by atoms with Crippen LogP contribution in [0.2, 0.25) is 0 Å². The first kappa shape index (κ1) is 14.8. The molecule has 0 spiro atoms. The van der Waals surface area contributed by atoms with Crippen molar-refractivity contribution in [2.75, 3.05) is 0 Å². The molecule has 0 aromatic heterocycles. The lowest BCUT2D eigenvalue weighted by Gasteiger charge is -2.20. The predicted molar refractivity (Wildman–Crippen MR) is 85.6 cm³/mol. The molecular weight excluding hydrogens is 244 g/mol. The minimum absolute atomic E-state index is 0.260. The summed E-state index contributed by atoms with van der Waals surface area (Å²) in [6, 6.07) is 15.2. The molecule has 2 rings (SSSR count). The van der Waals surface area contributed by atoms with Gasteiger partial charge in [-0.2, -0.15) is 0 Å². The lowest BCUT2D eigenvalue weighted by molar-refractivity contribution is 0.520. The molecule has 2 aromatic carbocycles. The first-order valence-corrected chi connectivity index (χ1v) is 7.17. The molecule has 2 nitrogen and oxygen atoms in total. The number of rotatable bonds is 5. The van der Waals surface area contributed by atoms with E-state index in [4.69, 9.17) is 5.84 Å². The molecule has 0 heterocycles. The van der Waals surface area contributed by atoms with E-state index < -0.39 is 0 Å². The first-order valence-electron chi connectivity index (χ1n) is 7.17. The molecule has 2 heteroatoms. The number of hydrazine groups is 1. The van der Waals surface area contributed by atoms with Gasteiger partial charge in [-0.05, 0) is 61.4 Å². The summed E-state index contributed by atoms with van der Waals surface area (Å²) in [5.41, 5.74) is 9.76. The Morgan fingerprint density at radius 3 is 2.05 bits per heavy atom. The zero-order valence-corrected chi connectivity index (χ0v) is 12.6. The summed E-state index contributed by atoms with van der Waals surface area (Å²) in [5.74, 6) is 5.77. The summed E-state index contributed by atoms with van der Waals surface area (Å²) in [6.45, 7) is 6.50. The van der Waals surface area contributed by atoms with Crippen LogP contribution in [0.3, 0.4) is 0 Å². The topological polar surface area (TPSA) is 38.0 Å². The third-order valence-electron chi connectivity index (χ3n) is 4.06. The van der Waals surface area contributed by atoms with Gasteiger partial charge < -0.3 is 0 Å². The van der Waals surface area contributed by atoms with E-state index in [-0.39, 0.29) is 6.04 Å². The number of benzene rings is 2. The van der Waals surface area contributed by atoms with E-state index in [2.05, 4.69) is 68.7 Å². The number of nitrogens with two attached hydrogens (primary N) is 1. The van der Waals surface area contributed by atoms with Gasteiger partial charge in [0.1, 0.15) is 0 Å². The highest BCUT2D eigenvalue weighted by Crippen LogP contribution is 2.18. The highest BCUT2D eigenvalue weighted by molar-refractivity contribution is 5.35. The van der Waals surface area contributed by atoms with Crippen LogP contribution in [0, 0.1) is 20.8 Å². The van der Waals surface area contributed by atoms with Crippen LogP contribution in [0.15, 0.2) is 42.5 Å². The van der Waals surface area contributed by atoms with Crippen LogP contribution in [0.25, 0.3) is 0 Å². The second-order valence-corrected chi connectivity index (χ2v) is 5.57. The van der Waals surface area contributed by atoms with E-state index in [1.165, 1.54) is 27.8 Å². The molecule has 2 aromatic rings. The van der Waals surface area contributed by atoms with Gasteiger partial charge in [-0.3, -0.25) is 11.3 Å². The second-order valence-electron chi connectivity index (χ2n) is 5.57. The van der Waals surface area contributed by atoms with E-state index in [0.29, 0.717) is 0 Å². The van der Waals surface area contributed by atoms with Gasteiger partial charge in [-0.1, -0.05) is 42.5 Å². The van der Waals surface area contributed by atoms with Crippen LogP contribution in [0.1, 0.15) is 27.8 Å². The first-order chi connectivity index (χ1) is 9.61. The summed E-state index contributed by atoms with van der Waals surface area (Å²) in [5, 5.41) is 0. The van der Waals surface area contributed by atoms with Gasteiger partial charge in [-0.25, -0.2) is 0 Å². The Labute approximate surface area is 122 Å². The highest BCUT2D eigenvalue weighted by Gasteiger charge is 2.13. The van der Waals surface area contributed by atoms with Gasteiger partial charge in [0.25, 0.3) is 0 Å². The Bertz CT molecular complexity index is 555. The van der Waals surface area contributed by atoms with Crippen LogP contribution in [0.4, 0.5) is 0 Å². The molecule has 0 fully saturated rings. The van der Waals surface area contributed by atoms with Gasteiger partial charge in [0.05, 0.1) is 0 Å². The summed E-state index contributed by atoms with van der Waals surface area (Å²) in [6.07, 6.45) is 1.92. The normalized spacial score (nSPS) is 12.4. The maximum atomic E-state index is 5.77. The largest absolute Gasteiger partial charge is 0.271 e. The van der Waals surface area contributed by atoms with Crippen LogP contribution >= 0.6 is 0 Å². The minimum Gasteiger partial charge on any atom is -0.271 e. The summed E-state index contributed by atoms with van der Waals surface area (Å²) >= 11 is 0. The molecule has 0 saturated carbocycles. The molecular formula is C18H24N2. The Kier molecular flexibility index (Phi) is 4.94. The maximum absolute atomic E-state index is 5.77. The molecule has 106 valence electrons. The fourth-order valence-electron chi connectivity index (χ4n) is 2.71. The van der Waals surface area contributed by atoms with Gasteiger partial charge in [0.15, 0.2) is 0 Å². The van der Waals surface area contributed by atoms with Crippen LogP contribution in [0.5, 0.6) is 0 Å². The van der Waals surface area contributed by atoms with E-state index in [1.54, 1.807) is 0 Å². The number of hydrogen-bond acceptors (Lipinski definition) is 2. The Morgan fingerprint density at radius 2 is 1.45 bits per heavy atom. The Morgan fingerprint density at radius 1 is 0.850 bits per heavy atom. The fourth-order valence-corrected chi connectivity index (χ4v) is 2.71. The molecule has 0 aliphatic rings. The molecule has 0 aliphatic heterocycles. The SMILES string of the molecule is Cc1ccccc1CC(Cc1c(C)cccc1C)NN. The van der Waals surface area contributed by atoms with Crippen molar-refractivity contribution in [1.29, 1.82) is 0 Å². The summed E-state index contributed by atoms with van der Waals surface area (Å²) in [7, 11) is 0. The van der Waals surface area contributed by atoms with E-state index >= 15 is 0 Å². The van der Waals surface area contributed by atoms with Crippen molar-refractivity contribution in [2.45, 2.75) is 39.7 Å². The standard InChI is InChI=1S/C18H24N2/c1-13-7-4-5-10-16(13)11-17(20-19)12-18-14(2)8-6-9-15(18)3/h4-10,17,20H,11-12,19H2,1-3H3. The van der Waals surface area contributed by atoms with Crippen molar-refractivity contribution in [1.82, 2.24) is 5.43 Å². The molecule has 3 N–H and O–H groups in total. The van der Waals surface area contributed by atoms with Gasteiger partial charge in [0, 0.05) is 6.04 Å². The van der Waals surface area contributed by atoms with Crippen molar-refractivity contribution in [3.63, 3.8) is 0 Å². The Balaban J connectivity index is 2.16. The van der Waals surface area contributed by atoms with Gasteiger partial charge >= 0.3 is 0 Å². The van der Waals surface area contributed by atoms with Crippen molar-refractivity contribution >= 4 is 0 Å². The molecule has 20 heavy (non-hydrogen) atoms. The average Bonchev–Trinajstić information content (AvgIpc) is 2.44. The smallest absolute Gasteiger partial charge is 0.0291 e. The molecule has 1 unspecified atom stereocenters. The molecule has 0 aliphatic carbocycles. The highest BCUT2D eigenvalue weighted by atomic mass is 15.2. The summed E-state index contributed by atoms with van der Waals surface area (Å²) < 4.78 is 0. The third kappa shape index (κ3) is 3.47. The lowest BCUT2D eigenvalue weighted by Crippen LogP contribution is -2.38. The molecule has 0 amide bonds. The molecule has 0 radical (unpaired) electrons. The third-order valence-corrected chi connectivity index (χ3v) is 4.06. The number of nitrogens with one attached hydrogen (secondary N) is 1. The fraction of sp³-hybridized carbons (Fsp3) is 0.333. The van der Waals surface area contributed by atoms with Crippen molar-refractivity contribution in [3.05, 3.63) is 70.3 Å². The average molecular weight is 268 g/mol. The van der Waals surface area contributed by atoms with E-state index in [9.17, 15) is 0 Å². The number of aryl methyl sites for hydroxylation is 3. The van der Waals surface area contributed by atoms with Crippen molar-refractivity contribution in [2.24, 2.45) is 5.84 Å². The quantitative estimate of drug-likeness (QED) is 0.645. The van der Waals surface area contributed by atoms with Crippen LogP contribution in [-0.2, 0) is 12.8 Å². The van der Waals surface area contributed by atoms with E-state index in [1.807, 2.05) is 0 Å². The van der Waals surface area contributed by atoms with Crippen molar-refractivity contribution < 1.29 is 0 Å². The Hall–Kier alpha value is -1.64. The minimum atomic E-state index is 0.260.